The Labute approximate surface area is 150 Å². The van der Waals surface area contributed by atoms with Crippen LogP contribution in [0.15, 0.2) is 0 Å². The Kier molecular flexibility index (Phi) is 10.1. The molecule has 0 aromatic rings. The molecule has 0 heterocycles. The minimum atomic E-state index is -0.428. The van der Waals surface area contributed by atoms with E-state index >= 15 is 0 Å². The first-order valence-corrected chi connectivity index (χ1v) is 9.46. The maximum atomic E-state index is 12.5. The summed E-state index contributed by atoms with van der Waals surface area (Å²) in [6.07, 6.45) is 3.88. The highest BCUT2D eigenvalue weighted by Crippen LogP contribution is 2.24. The minimum absolute atomic E-state index is 0.0550. The molecule has 1 N–H and O–H groups in total. The molecule has 1 amide bonds. The Balaban J connectivity index is 4.27. The average molecular weight is 344 g/mol. The van der Waals surface area contributed by atoms with Gasteiger partial charge in [0.15, 0.2) is 0 Å². The van der Waals surface area contributed by atoms with Crippen molar-refractivity contribution in [1.29, 1.82) is 0 Å². The first kappa shape index (κ1) is 23.4. The fraction of sp³-hybridized carbons (Fsp3) is 0.950. The summed E-state index contributed by atoms with van der Waals surface area (Å²) in [6.45, 7) is 19.4. The van der Waals surface area contributed by atoms with Crippen molar-refractivity contribution in [2.45, 2.75) is 86.7 Å². The lowest BCUT2D eigenvalue weighted by Gasteiger charge is -2.30. The Morgan fingerprint density at radius 3 is 2.08 bits per heavy atom. The Morgan fingerprint density at radius 1 is 0.917 bits per heavy atom. The van der Waals surface area contributed by atoms with Crippen molar-refractivity contribution in [1.82, 2.24) is 5.32 Å². The molecule has 0 spiro atoms. The molecule has 0 fully saturated rings. The van der Waals surface area contributed by atoms with Gasteiger partial charge in [0.2, 0.25) is 5.91 Å². The van der Waals surface area contributed by atoms with Gasteiger partial charge in [-0.1, -0.05) is 48.0 Å². The third kappa shape index (κ3) is 10.3. The predicted octanol–water partition coefficient (Wildman–Crippen LogP) is 4.57. The number of hydrogen-bond acceptors (Lipinski definition) is 3. The van der Waals surface area contributed by atoms with Gasteiger partial charge in [-0.15, -0.1) is 0 Å². The molecule has 0 aromatic heterocycles. The molecule has 0 radical (unpaired) electrons. The number of hydrogen-bond donors (Lipinski definition) is 1. The average Bonchev–Trinajstić information content (AvgIpc) is 2.44. The second kappa shape index (κ2) is 10.4. The molecule has 0 aliphatic carbocycles. The lowest BCUT2D eigenvalue weighted by atomic mass is 9.87. The van der Waals surface area contributed by atoms with Crippen molar-refractivity contribution in [3.05, 3.63) is 0 Å². The van der Waals surface area contributed by atoms with Gasteiger partial charge in [-0.25, -0.2) is 0 Å². The van der Waals surface area contributed by atoms with Crippen LogP contribution in [0.2, 0.25) is 0 Å². The predicted molar refractivity (Wildman–Crippen MR) is 101 cm³/mol. The Bertz CT molecular complexity index is 362. The molecule has 0 aromatic carbocycles. The molecule has 0 unspecified atom stereocenters. The zero-order chi connectivity index (χ0) is 18.9. The first-order valence-electron chi connectivity index (χ1n) is 9.46. The normalized spacial score (nSPS) is 13.2. The molecule has 0 bridgehead atoms. The molecular formula is C20H41NO3. The molecule has 24 heavy (non-hydrogen) atoms. The number of ether oxygens (including phenoxy) is 2. The summed E-state index contributed by atoms with van der Waals surface area (Å²) in [6, 6.07) is 0. The lowest BCUT2D eigenvalue weighted by molar-refractivity contribution is -0.132. The van der Waals surface area contributed by atoms with Crippen LogP contribution in [0.25, 0.3) is 0 Å². The highest BCUT2D eigenvalue weighted by Gasteiger charge is 2.30. The topological polar surface area (TPSA) is 47.6 Å². The smallest absolute Gasteiger partial charge is 0.225 e. The van der Waals surface area contributed by atoms with Gasteiger partial charge >= 0.3 is 0 Å². The van der Waals surface area contributed by atoms with Gasteiger partial charge in [0, 0.05) is 30.6 Å². The third-order valence-electron chi connectivity index (χ3n) is 4.26. The van der Waals surface area contributed by atoms with Crippen molar-refractivity contribution < 1.29 is 14.3 Å². The van der Waals surface area contributed by atoms with Crippen LogP contribution in [-0.2, 0) is 14.3 Å². The van der Waals surface area contributed by atoms with Gasteiger partial charge in [0.25, 0.3) is 0 Å². The molecular weight excluding hydrogens is 302 g/mol. The standard InChI is InChI=1S/C20H41NO3/c1-9-11-20(7,8)24-14-12-19(5,6)17(22)21-15-18(3,4)16-23-13-10-2/h9-16H2,1-8H3,(H,21,22). The summed E-state index contributed by atoms with van der Waals surface area (Å²) >= 11 is 0. The van der Waals surface area contributed by atoms with E-state index in [1.165, 1.54) is 0 Å². The minimum Gasteiger partial charge on any atom is -0.381 e. The van der Waals surface area contributed by atoms with Gasteiger partial charge in [0.05, 0.1) is 12.2 Å². The van der Waals surface area contributed by atoms with E-state index in [1.807, 2.05) is 13.8 Å². The summed E-state index contributed by atoms with van der Waals surface area (Å²) in [4.78, 5) is 12.5. The van der Waals surface area contributed by atoms with Crippen molar-refractivity contribution in [2.75, 3.05) is 26.4 Å². The second-order valence-electron chi connectivity index (χ2n) is 8.89. The van der Waals surface area contributed by atoms with E-state index < -0.39 is 5.41 Å². The van der Waals surface area contributed by atoms with E-state index in [4.69, 9.17) is 9.47 Å². The van der Waals surface area contributed by atoms with Crippen LogP contribution in [0, 0.1) is 10.8 Å². The monoisotopic (exact) mass is 343 g/mol. The number of carbonyl (C=O) groups excluding carboxylic acids is 1. The van der Waals surface area contributed by atoms with Crippen molar-refractivity contribution in [2.24, 2.45) is 10.8 Å². The van der Waals surface area contributed by atoms with Crippen LogP contribution < -0.4 is 5.32 Å². The zero-order valence-electron chi connectivity index (χ0n) is 17.4. The number of rotatable bonds is 13. The van der Waals surface area contributed by atoms with Crippen molar-refractivity contribution in [3.8, 4) is 0 Å². The highest BCUT2D eigenvalue weighted by molar-refractivity contribution is 5.81. The lowest BCUT2D eigenvalue weighted by Crippen LogP contribution is -2.43. The second-order valence-corrected chi connectivity index (χ2v) is 8.89. The summed E-state index contributed by atoms with van der Waals surface area (Å²) in [5, 5.41) is 3.09. The van der Waals surface area contributed by atoms with E-state index in [-0.39, 0.29) is 16.9 Å². The van der Waals surface area contributed by atoms with Gasteiger partial charge in [-0.05, 0) is 33.1 Å². The zero-order valence-corrected chi connectivity index (χ0v) is 17.4. The van der Waals surface area contributed by atoms with Gasteiger partial charge in [-0.3, -0.25) is 4.79 Å². The van der Waals surface area contributed by atoms with Crippen LogP contribution >= 0.6 is 0 Å². The molecule has 0 saturated carbocycles. The maximum absolute atomic E-state index is 12.5. The summed E-state index contributed by atoms with van der Waals surface area (Å²) in [5.41, 5.74) is -0.594. The summed E-state index contributed by atoms with van der Waals surface area (Å²) < 4.78 is 11.6. The Morgan fingerprint density at radius 2 is 1.54 bits per heavy atom. The van der Waals surface area contributed by atoms with Gasteiger partial charge < -0.3 is 14.8 Å². The summed E-state index contributed by atoms with van der Waals surface area (Å²) in [7, 11) is 0. The highest BCUT2D eigenvalue weighted by atomic mass is 16.5. The number of carbonyl (C=O) groups is 1. The van der Waals surface area contributed by atoms with Gasteiger partial charge in [-0.2, -0.15) is 0 Å². The molecule has 0 rings (SSSR count). The van der Waals surface area contributed by atoms with Crippen molar-refractivity contribution in [3.63, 3.8) is 0 Å². The van der Waals surface area contributed by atoms with E-state index in [1.54, 1.807) is 0 Å². The van der Waals surface area contributed by atoms with Crippen LogP contribution in [0.4, 0.5) is 0 Å². The van der Waals surface area contributed by atoms with Crippen LogP contribution in [0.1, 0.15) is 81.1 Å². The molecule has 0 atom stereocenters. The molecule has 0 aliphatic heterocycles. The third-order valence-corrected chi connectivity index (χ3v) is 4.26. The molecule has 0 saturated heterocycles. The largest absolute Gasteiger partial charge is 0.381 e. The molecule has 0 aliphatic rings. The maximum Gasteiger partial charge on any atom is 0.225 e. The van der Waals surface area contributed by atoms with Crippen LogP contribution in [-0.4, -0.2) is 37.9 Å². The van der Waals surface area contributed by atoms with Crippen molar-refractivity contribution >= 4 is 5.91 Å². The molecule has 4 heteroatoms. The van der Waals surface area contributed by atoms with E-state index in [9.17, 15) is 4.79 Å². The van der Waals surface area contributed by atoms with Crippen LogP contribution in [0.3, 0.4) is 0 Å². The van der Waals surface area contributed by atoms with E-state index in [0.717, 1.165) is 32.3 Å². The summed E-state index contributed by atoms with van der Waals surface area (Å²) in [5.74, 6) is 0.0861. The fourth-order valence-electron chi connectivity index (χ4n) is 2.47. The quantitative estimate of drug-likeness (QED) is 0.498. The van der Waals surface area contributed by atoms with E-state index in [2.05, 4.69) is 46.9 Å². The number of nitrogens with one attached hydrogen (secondary N) is 1. The van der Waals surface area contributed by atoms with Gasteiger partial charge in [0.1, 0.15) is 0 Å². The number of amides is 1. The van der Waals surface area contributed by atoms with E-state index in [0.29, 0.717) is 19.8 Å². The Hall–Kier alpha value is -0.610. The first-order chi connectivity index (χ1) is 11.0. The molecule has 144 valence electrons. The van der Waals surface area contributed by atoms with Crippen LogP contribution in [0.5, 0.6) is 0 Å². The fourth-order valence-corrected chi connectivity index (χ4v) is 2.47. The SMILES string of the molecule is CCCOCC(C)(C)CNC(=O)C(C)(C)CCOC(C)(C)CCC. The molecule has 4 nitrogen and oxygen atoms in total.